The quantitative estimate of drug-likeness (QED) is 0.377. The molecule has 0 bridgehead atoms. The second kappa shape index (κ2) is 12.8. The lowest BCUT2D eigenvalue weighted by Crippen LogP contribution is -3.00. The number of hydrogen-bond acceptors (Lipinski definition) is 4. The number of ether oxygens (including phenoxy) is 1. The lowest BCUT2D eigenvalue weighted by molar-refractivity contribution is -0.940. The molecule has 1 aliphatic heterocycles. The molecule has 0 spiro atoms. The molecule has 0 saturated carbocycles. The fourth-order valence-electron chi connectivity index (χ4n) is 4.85. The first kappa shape index (κ1) is 28.5. The normalized spacial score (nSPS) is 19.4. The second-order valence-electron chi connectivity index (χ2n) is 9.59. The number of piperidine rings is 1. The molecule has 2 N–H and O–H groups in total. The van der Waals surface area contributed by atoms with Crippen molar-refractivity contribution in [2.45, 2.75) is 46.2 Å². The van der Waals surface area contributed by atoms with Crippen LogP contribution < -0.4 is 27.6 Å². The summed E-state index contributed by atoms with van der Waals surface area (Å²) in [5, 5.41) is 6.01. The molecule has 0 aromatic heterocycles. The van der Waals surface area contributed by atoms with Gasteiger partial charge in [-0.1, -0.05) is 42.5 Å². The minimum Gasteiger partial charge on any atom is -1.00 e. The number of esters is 1. The highest BCUT2D eigenvalue weighted by molar-refractivity contribution is 6.02. The molecule has 2 atom stereocenters. The summed E-state index contributed by atoms with van der Waals surface area (Å²) >= 11 is 0. The van der Waals surface area contributed by atoms with Gasteiger partial charge in [-0.25, -0.2) is 4.79 Å². The summed E-state index contributed by atoms with van der Waals surface area (Å²) in [4.78, 5) is 38.5. The minimum absolute atomic E-state index is 0. The number of likely N-dealkylation sites (tertiary alicyclic amines) is 1. The van der Waals surface area contributed by atoms with E-state index >= 15 is 0 Å². The van der Waals surface area contributed by atoms with Crippen molar-refractivity contribution >= 4 is 23.5 Å². The zero-order valence-electron chi connectivity index (χ0n) is 21.0. The number of quaternary nitrogens is 1. The Hall–Kier alpha value is -2.71. The van der Waals surface area contributed by atoms with Gasteiger partial charge in [0, 0.05) is 11.6 Å². The summed E-state index contributed by atoms with van der Waals surface area (Å²) in [5.74, 6) is -0.759. The van der Waals surface area contributed by atoms with Gasteiger partial charge in [0.1, 0.15) is 6.54 Å². The van der Waals surface area contributed by atoms with Gasteiger partial charge in [-0.05, 0) is 45.2 Å². The maximum absolute atomic E-state index is 13.4. The molecule has 0 aliphatic carbocycles. The van der Waals surface area contributed by atoms with Crippen LogP contribution in [0.5, 0.6) is 0 Å². The van der Waals surface area contributed by atoms with Crippen LogP contribution in [-0.4, -0.2) is 55.1 Å². The van der Waals surface area contributed by atoms with Crippen molar-refractivity contribution in [2.24, 2.45) is 5.92 Å². The van der Waals surface area contributed by atoms with Gasteiger partial charge in [0.25, 0.3) is 5.91 Å². The molecule has 1 aliphatic rings. The summed E-state index contributed by atoms with van der Waals surface area (Å²) in [6.45, 7) is 8.06. The molecule has 1 heterocycles. The molecule has 1 saturated heterocycles. The zero-order valence-corrected chi connectivity index (χ0v) is 22.6. The Morgan fingerprint density at radius 3 is 2.46 bits per heavy atom. The van der Waals surface area contributed by atoms with E-state index in [1.165, 1.54) is 7.11 Å². The average Bonchev–Trinajstić information content (AvgIpc) is 2.80. The standard InChI is InChI=1S/C27H35N3O4.BrH/c1-19(2)28-26(32)22-13-9-15-30(17-22,16-21-11-6-5-7-12-21)18-24(31)29-25-20(3)10-8-14-23(25)27(33)34-4;/h5-8,10-12,14,19,22H,9,13,15-18H2,1-4H3,(H-,28,29,31,32,33);1H. The van der Waals surface area contributed by atoms with Crippen molar-refractivity contribution < 1.29 is 40.6 Å². The average molecular weight is 547 g/mol. The van der Waals surface area contributed by atoms with E-state index in [4.69, 9.17) is 4.74 Å². The second-order valence-corrected chi connectivity index (χ2v) is 9.59. The van der Waals surface area contributed by atoms with Crippen LogP contribution in [-0.2, 0) is 20.9 Å². The van der Waals surface area contributed by atoms with Gasteiger partial charge in [0.15, 0.2) is 6.54 Å². The van der Waals surface area contributed by atoms with Crippen molar-refractivity contribution in [2.75, 3.05) is 32.1 Å². The summed E-state index contributed by atoms with van der Waals surface area (Å²) in [5.41, 5.74) is 2.73. The highest BCUT2D eigenvalue weighted by atomic mass is 79.9. The van der Waals surface area contributed by atoms with E-state index in [-0.39, 0.29) is 47.3 Å². The van der Waals surface area contributed by atoms with Gasteiger partial charge in [0.2, 0.25) is 5.91 Å². The summed E-state index contributed by atoms with van der Waals surface area (Å²) in [6.07, 6.45) is 1.69. The maximum Gasteiger partial charge on any atom is 0.339 e. The first-order valence-electron chi connectivity index (χ1n) is 11.9. The molecule has 2 aromatic rings. The summed E-state index contributed by atoms with van der Waals surface area (Å²) < 4.78 is 5.39. The van der Waals surface area contributed by atoms with Crippen LogP contribution in [0.3, 0.4) is 0 Å². The maximum atomic E-state index is 13.4. The number of anilines is 1. The molecular weight excluding hydrogens is 510 g/mol. The van der Waals surface area contributed by atoms with Gasteiger partial charge in [-0.3, -0.25) is 9.59 Å². The number of amides is 2. The zero-order chi connectivity index (χ0) is 24.7. The van der Waals surface area contributed by atoms with E-state index in [9.17, 15) is 14.4 Å². The van der Waals surface area contributed by atoms with Gasteiger partial charge in [-0.2, -0.15) is 0 Å². The third-order valence-electron chi connectivity index (χ3n) is 6.38. The number of nitrogens with one attached hydrogen (secondary N) is 2. The van der Waals surface area contributed by atoms with Crippen LogP contribution in [0.4, 0.5) is 5.69 Å². The fraction of sp³-hybridized carbons (Fsp3) is 0.444. The molecule has 0 radical (unpaired) electrons. The fourth-order valence-corrected chi connectivity index (χ4v) is 4.85. The molecule has 8 heteroatoms. The van der Waals surface area contributed by atoms with Crippen molar-refractivity contribution in [3.63, 3.8) is 0 Å². The number of para-hydroxylation sites is 1. The Morgan fingerprint density at radius 2 is 1.80 bits per heavy atom. The van der Waals surface area contributed by atoms with Gasteiger partial charge in [-0.15, -0.1) is 0 Å². The van der Waals surface area contributed by atoms with Crippen molar-refractivity contribution in [1.82, 2.24) is 5.32 Å². The molecular formula is C27H36BrN3O4. The number of rotatable bonds is 8. The number of halogens is 1. The SMILES string of the molecule is COC(=O)c1cccc(C)c1NC(=O)C[N+]1(Cc2ccccc2)CCCC(C(=O)NC(C)C)C1.[Br-]. The van der Waals surface area contributed by atoms with Crippen molar-refractivity contribution in [3.8, 4) is 0 Å². The van der Waals surface area contributed by atoms with Crippen molar-refractivity contribution in [3.05, 3.63) is 65.2 Å². The van der Waals surface area contributed by atoms with E-state index in [2.05, 4.69) is 22.8 Å². The lowest BCUT2D eigenvalue weighted by atomic mass is 9.93. The Bertz CT molecular complexity index is 1030. The predicted octanol–water partition coefficient (Wildman–Crippen LogP) is 0.676. The number of aryl methyl sites for hydroxylation is 1. The Labute approximate surface area is 218 Å². The number of hydrogen-bond donors (Lipinski definition) is 2. The summed E-state index contributed by atoms with van der Waals surface area (Å²) in [6, 6.07) is 15.4. The monoisotopic (exact) mass is 545 g/mol. The number of benzene rings is 2. The smallest absolute Gasteiger partial charge is 0.339 e. The topological polar surface area (TPSA) is 84.5 Å². The van der Waals surface area contributed by atoms with Gasteiger partial charge in [0.05, 0.1) is 37.4 Å². The highest BCUT2D eigenvalue weighted by Gasteiger charge is 2.40. The van der Waals surface area contributed by atoms with Crippen LogP contribution in [0.2, 0.25) is 0 Å². The van der Waals surface area contributed by atoms with Crippen molar-refractivity contribution in [1.29, 1.82) is 0 Å². The highest BCUT2D eigenvalue weighted by Crippen LogP contribution is 2.28. The van der Waals surface area contributed by atoms with Crippen LogP contribution in [0, 0.1) is 12.8 Å². The van der Waals surface area contributed by atoms with E-state index < -0.39 is 5.97 Å². The Morgan fingerprint density at radius 1 is 1.09 bits per heavy atom. The third-order valence-corrected chi connectivity index (χ3v) is 6.38. The van der Waals surface area contributed by atoms with E-state index in [1.54, 1.807) is 12.1 Å². The first-order chi connectivity index (χ1) is 16.2. The molecule has 7 nitrogen and oxygen atoms in total. The number of methoxy groups -OCH3 is 1. The van der Waals surface area contributed by atoms with E-state index in [1.807, 2.05) is 45.0 Å². The molecule has 2 aromatic carbocycles. The predicted molar refractivity (Wildman–Crippen MR) is 132 cm³/mol. The summed E-state index contributed by atoms with van der Waals surface area (Å²) in [7, 11) is 1.33. The number of carbonyl (C=O) groups excluding carboxylic acids is 3. The molecule has 2 amide bonds. The first-order valence-corrected chi connectivity index (χ1v) is 11.9. The third kappa shape index (κ3) is 7.64. The van der Waals surface area contributed by atoms with E-state index in [0.717, 1.165) is 30.5 Å². The lowest BCUT2D eigenvalue weighted by Gasteiger charge is -2.43. The molecule has 35 heavy (non-hydrogen) atoms. The van der Waals surface area contributed by atoms with E-state index in [0.29, 0.717) is 28.8 Å². The molecule has 190 valence electrons. The minimum atomic E-state index is -0.490. The van der Waals surface area contributed by atoms with Gasteiger partial charge >= 0.3 is 5.97 Å². The van der Waals surface area contributed by atoms with Crippen LogP contribution >= 0.6 is 0 Å². The molecule has 1 fully saturated rings. The Balaban J connectivity index is 0.00000432. The molecule has 2 unspecified atom stereocenters. The van der Waals surface area contributed by atoms with Gasteiger partial charge < -0.3 is 36.8 Å². The largest absolute Gasteiger partial charge is 1.00 e. The molecule has 3 rings (SSSR count). The van der Waals surface area contributed by atoms with Crippen LogP contribution in [0.25, 0.3) is 0 Å². The van der Waals surface area contributed by atoms with Crippen LogP contribution in [0.1, 0.15) is 48.2 Å². The number of nitrogens with zero attached hydrogens (tertiary/aromatic N) is 1. The number of carbonyl (C=O) groups is 3. The van der Waals surface area contributed by atoms with Crippen LogP contribution in [0.15, 0.2) is 48.5 Å². The Kier molecular flexibility index (Phi) is 10.5.